The lowest BCUT2D eigenvalue weighted by atomic mass is 10.1. The fraction of sp³-hybridized carbons (Fsp3) is 0.0714. The lowest BCUT2D eigenvalue weighted by molar-refractivity contribution is -0.143. The summed E-state index contributed by atoms with van der Waals surface area (Å²) in [5, 5.41) is 8.58. The molecule has 0 heterocycles. The Morgan fingerprint density at radius 2 is 1.84 bits per heavy atom. The maximum Gasteiger partial charge on any atom is 0.343 e. The van der Waals surface area contributed by atoms with Crippen LogP contribution in [0.5, 0.6) is 11.5 Å². The summed E-state index contributed by atoms with van der Waals surface area (Å²) < 4.78 is 32.1. The second-order valence-electron chi connectivity index (χ2n) is 3.81. The first-order valence-electron chi connectivity index (χ1n) is 5.47. The first-order valence-corrected chi connectivity index (χ1v) is 5.47. The zero-order chi connectivity index (χ0) is 13.8. The molecule has 2 aromatic rings. The summed E-state index contributed by atoms with van der Waals surface area (Å²) in [5.41, 5.74) is -0.167. The highest BCUT2D eigenvalue weighted by Crippen LogP contribution is 2.28. The standard InChI is InChI=1S/C14H10F2O3/c15-11-7-6-9(13(16)14(17)18)8-12(11)19-10-4-2-1-3-5-10/h1-8,13H,(H,17,18). The number of halogens is 2. The molecule has 0 bridgehead atoms. The van der Waals surface area contributed by atoms with Crippen molar-refractivity contribution in [2.45, 2.75) is 6.17 Å². The van der Waals surface area contributed by atoms with Crippen molar-refractivity contribution >= 4 is 5.97 Å². The van der Waals surface area contributed by atoms with Gasteiger partial charge in [0.1, 0.15) is 5.75 Å². The predicted octanol–water partition coefficient (Wildman–Crippen LogP) is 3.71. The molecule has 0 aliphatic rings. The van der Waals surface area contributed by atoms with Gasteiger partial charge in [0.2, 0.25) is 6.17 Å². The minimum absolute atomic E-state index is 0.167. The van der Waals surface area contributed by atoms with Crippen molar-refractivity contribution in [2.24, 2.45) is 0 Å². The largest absolute Gasteiger partial charge is 0.479 e. The fourth-order valence-corrected chi connectivity index (χ4v) is 1.51. The van der Waals surface area contributed by atoms with Crippen LogP contribution in [0.15, 0.2) is 48.5 Å². The Labute approximate surface area is 108 Å². The van der Waals surface area contributed by atoms with Crippen molar-refractivity contribution in [2.75, 3.05) is 0 Å². The second kappa shape index (κ2) is 5.48. The van der Waals surface area contributed by atoms with Crippen molar-refractivity contribution in [3.63, 3.8) is 0 Å². The Hall–Kier alpha value is -2.43. The molecule has 0 aromatic heterocycles. The Kier molecular flexibility index (Phi) is 3.75. The molecule has 5 heteroatoms. The third kappa shape index (κ3) is 3.07. The van der Waals surface area contributed by atoms with Gasteiger partial charge in [-0.1, -0.05) is 24.3 Å². The van der Waals surface area contributed by atoms with Crippen LogP contribution >= 0.6 is 0 Å². The van der Waals surface area contributed by atoms with Crippen LogP contribution in [-0.4, -0.2) is 11.1 Å². The monoisotopic (exact) mass is 264 g/mol. The van der Waals surface area contributed by atoms with Crippen molar-refractivity contribution in [3.8, 4) is 11.5 Å². The third-order valence-corrected chi connectivity index (χ3v) is 2.44. The van der Waals surface area contributed by atoms with Gasteiger partial charge in [-0.2, -0.15) is 0 Å². The molecule has 0 saturated carbocycles. The molecule has 19 heavy (non-hydrogen) atoms. The van der Waals surface area contributed by atoms with Crippen molar-refractivity contribution < 1.29 is 23.4 Å². The van der Waals surface area contributed by atoms with Gasteiger partial charge < -0.3 is 9.84 Å². The maximum absolute atomic E-state index is 13.5. The average molecular weight is 264 g/mol. The summed E-state index contributed by atoms with van der Waals surface area (Å²) >= 11 is 0. The molecule has 0 fully saturated rings. The van der Waals surface area contributed by atoms with E-state index in [9.17, 15) is 13.6 Å². The Morgan fingerprint density at radius 3 is 2.47 bits per heavy atom. The van der Waals surface area contributed by atoms with E-state index >= 15 is 0 Å². The van der Waals surface area contributed by atoms with Crippen LogP contribution in [0.2, 0.25) is 0 Å². The van der Waals surface area contributed by atoms with E-state index in [2.05, 4.69) is 0 Å². The quantitative estimate of drug-likeness (QED) is 0.915. The lowest BCUT2D eigenvalue weighted by Gasteiger charge is -2.09. The molecule has 2 rings (SSSR count). The van der Waals surface area contributed by atoms with E-state index in [-0.39, 0.29) is 11.3 Å². The van der Waals surface area contributed by atoms with Crippen LogP contribution < -0.4 is 4.74 Å². The SMILES string of the molecule is O=C(O)C(F)c1ccc(F)c(Oc2ccccc2)c1. The number of benzene rings is 2. The molecule has 0 aliphatic carbocycles. The first kappa shape index (κ1) is 13.0. The van der Waals surface area contributed by atoms with Gasteiger partial charge in [0.25, 0.3) is 0 Å². The van der Waals surface area contributed by atoms with E-state index in [1.807, 2.05) is 0 Å². The van der Waals surface area contributed by atoms with Gasteiger partial charge in [-0.3, -0.25) is 0 Å². The third-order valence-electron chi connectivity index (χ3n) is 2.44. The molecule has 0 aliphatic heterocycles. The maximum atomic E-state index is 13.5. The van der Waals surface area contributed by atoms with Gasteiger partial charge in [0.15, 0.2) is 11.6 Å². The molecular weight excluding hydrogens is 254 g/mol. The summed E-state index contributed by atoms with van der Waals surface area (Å²) in [7, 11) is 0. The highest BCUT2D eigenvalue weighted by Gasteiger charge is 2.20. The molecule has 2 aromatic carbocycles. The molecule has 1 unspecified atom stereocenters. The number of hydrogen-bond donors (Lipinski definition) is 1. The van der Waals surface area contributed by atoms with Crippen LogP contribution in [0.4, 0.5) is 8.78 Å². The average Bonchev–Trinajstić information content (AvgIpc) is 2.41. The Morgan fingerprint density at radius 1 is 1.16 bits per heavy atom. The van der Waals surface area contributed by atoms with E-state index in [4.69, 9.17) is 9.84 Å². The number of aliphatic carboxylic acids is 1. The Balaban J connectivity index is 2.30. The minimum Gasteiger partial charge on any atom is -0.479 e. The van der Waals surface area contributed by atoms with E-state index in [0.29, 0.717) is 5.75 Å². The Bertz CT molecular complexity index is 584. The molecular formula is C14H10F2O3. The first-order chi connectivity index (χ1) is 9.08. The van der Waals surface area contributed by atoms with Crippen LogP contribution in [0.25, 0.3) is 0 Å². The van der Waals surface area contributed by atoms with Crippen molar-refractivity contribution in [1.29, 1.82) is 0 Å². The number of rotatable bonds is 4. The summed E-state index contributed by atoms with van der Waals surface area (Å²) in [6.45, 7) is 0. The highest BCUT2D eigenvalue weighted by atomic mass is 19.1. The number of carbonyl (C=O) groups is 1. The van der Waals surface area contributed by atoms with Crippen molar-refractivity contribution in [1.82, 2.24) is 0 Å². The topological polar surface area (TPSA) is 46.5 Å². The van der Waals surface area contributed by atoms with Crippen LogP contribution in [0.3, 0.4) is 0 Å². The van der Waals surface area contributed by atoms with E-state index < -0.39 is 18.0 Å². The normalized spacial score (nSPS) is 11.9. The summed E-state index contributed by atoms with van der Waals surface area (Å²) in [6.07, 6.45) is -2.21. The van der Waals surface area contributed by atoms with Gasteiger partial charge in [-0.15, -0.1) is 0 Å². The molecule has 0 spiro atoms. The van der Waals surface area contributed by atoms with Crippen molar-refractivity contribution in [3.05, 3.63) is 59.9 Å². The minimum atomic E-state index is -2.21. The zero-order valence-corrected chi connectivity index (χ0v) is 9.72. The summed E-state index contributed by atoms with van der Waals surface area (Å²) in [4.78, 5) is 10.5. The molecule has 1 atom stereocenters. The molecule has 3 nitrogen and oxygen atoms in total. The fourth-order valence-electron chi connectivity index (χ4n) is 1.51. The van der Waals surface area contributed by atoms with Gasteiger partial charge in [-0.25, -0.2) is 13.6 Å². The van der Waals surface area contributed by atoms with E-state index in [1.165, 1.54) is 0 Å². The number of carboxylic acid groups (broad SMARTS) is 1. The summed E-state index contributed by atoms with van der Waals surface area (Å²) in [5.74, 6) is -2.15. The van der Waals surface area contributed by atoms with E-state index in [0.717, 1.165) is 18.2 Å². The molecule has 98 valence electrons. The van der Waals surface area contributed by atoms with Gasteiger partial charge in [0.05, 0.1) is 0 Å². The van der Waals surface area contributed by atoms with Gasteiger partial charge in [0, 0.05) is 5.56 Å². The zero-order valence-electron chi connectivity index (χ0n) is 9.72. The van der Waals surface area contributed by atoms with Gasteiger partial charge in [-0.05, 0) is 24.3 Å². The summed E-state index contributed by atoms with van der Waals surface area (Å²) in [6, 6.07) is 11.5. The van der Waals surface area contributed by atoms with Crippen LogP contribution in [-0.2, 0) is 4.79 Å². The van der Waals surface area contributed by atoms with Crippen LogP contribution in [0.1, 0.15) is 11.7 Å². The predicted molar refractivity (Wildman–Crippen MR) is 64.4 cm³/mol. The number of carboxylic acids is 1. The van der Waals surface area contributed by atoms with Gasteiger partial charge >= 0.3 is 5.97 Å². The molecule has 1 N–H and O–H groups in total. The number of alkyl halides is 1. The lowest BCUT2D eigenvalue weighted by Crippen LogP contribution is -2.06. The van der Waals surface area contributed by atoms with Crippen LogP contribution in [0, 0.1) is 5.82 Å². The molecule has 0 saturated heterocycles. The second-order valence-corrected chi connectivity index (χ2v) is 3.81. The number of para-hydroxylation sites is 1. The molecule has 0 amide bonds. The number of hydrogen-bond acceptors (Lipinski definition) is 2. The highest BCUT2D eigenvalue weighted by molar-refractivity contribution is 5.74. The van der Waals surface area contributed by atoms with E-state index in [1.54, 1.807) is 30.3 Å². The molecule has 0 radical (unpaired) electrons. The smallest absolute Gasteiger partial charge is 0.343 e. The number of ether oxygens (including phenoxy) is 1.